The number of amides is 1. The molecule has 0 spiro atoms. The second-order valence-corrected chi connectivity index (χ2v) is 8.78. The lowest BCUT2D eigenvalue weighted by Gasteiger charge is -2.32. The van der Waals surface area contributed by atoms with Crippen LogP contribution in [0.4, 0.5) is 5.82 Å². The molecular weight excluding hydrogens is 456 g/mol. The Balaban J connectivity index is 1.14. The molecule has 1 saturated heterocycles. The van der Waals surface area contributed by atoms with Gasteiger partial charge in [0.05, 0.1) is 12.2 Å². The van der Waals surface area contributed by atoms with Crippen LogP contribution in [0.25, 0.3) is 17.1 Å². The van der Waals surface area contributed by atoms with Gasteiger partial charge in [-0.15, -0.1) is 0 Å². The van der Waals surface area contributed by atoms with Crippen molar-refractivity contribution in [3.8, 4) is 17.1 Å². The molecule has 1 aliphatic rings. The number of aryl methyl sites for hydroxylation is 1. The smallest absolute Gasteiger partial charge is 0.266 e. The maximum absolute atomic E-state index is 12.8. The lowest BCUT2D eigenvalue weighted by molar-refractivity contribution is -0.125. The van der Waals surface area contributed by atoms with E-state index in [9.17, 15) is 9.59 Å². The average molecular weight is 485 g/mol. The standard InChI is InChI=1S/C26H28N8O2/c1-19-27-11-15-33(19)24-17-23(29-18-30-24)32-13-9-21(10-14-32)26(36)28-12-16-34-25(35)8-7-22(31-34)20-5-3-2-4-6-20/h2-8,11,15,17-18,21H,9-10,12-14,16H2,1H3,(H,28,36). The highest BCUT2D eigenvalue weighted by Crippen LogP contribution is 2.23. The molecule has 0 radical (unpaired) electrons. The predicted molar refractivity (Wildman–Crippen MR) is 136 cm³/mol. The van der Waals surface area contributed by atoms with Crippen molar-refractivity contribution in [1.82, 2.24) is 34.6 Å². The normalized spacial score (nSPS) is 14.1. The second-order valence-electron chi connectivity index (χ2n) is 8.78. The zero-order valence-electron chi connectivity index (χ0n) is 20.1. The van der Waals surface area contributed by atoms with Gasteiger partial charge in [-0.25, -0.2) is 19.6 Å². The third kappa shape index (κ3) is 5.17. The van der Waals surface area contributed by atoms with Crippen LogP contribution in [0.1, 0.15) is 18.7 Å². The van der Waals surface area contributed by atoms with Gasteiger partial charge in [0.2, 0.25) is 5.91 Å². The molecule has 0 bridgehead atoms. The largest absolute Gasteiger partial charge is 0.356 e. The summed E-state index contributed by atoms with van der Waals surface area (Å²) in [5.41, 5.74) is 1.48. The van der Waals surface area contributed by atoms with Crippen molar-refractivity contribution >= 4 is 11.7 Å². The molecule has 10 nitrogen and oxygen atoms in total. The van der Waals surface area contributed by atoms with Gasteiger partial charge in [-0.3, -0.25) is 14.2 Å². The minimum atomic E-state index is -0.188. The Bertz CT molecular complexity index is 1390. The van der Waals surface area contributed by atoms with Gasteiger partial charge in [0.25, 0.3) is 5.56 Å². The van der Waals surface area contributed by atoms with E-state index in [1.54, 1.807) is 18.6 Å². The molecule has 1 aromatic carbocycles. The Labute approximate surface area is 208 Å². The molecule has 4 heterocycles. The van der Waals surface area contributed by atoms with E-state index in [1.165, 1.54) is 10.7 Å². The van der Waals surface area contributed by atoms with E-state index >= 15 is 0 Å². The van der Waals surface area contributed by atoms with E-state index in [-0.39, 0.29) is 17.4 Å². The first kappa shape index (κ1) is 23.4. The summed E-state index contributed by atoms with van der Waals surface area (Å²) >= 11 is 0. The molecule has 1 N–H and O–H groups in total. The Hall–Kier alpha value is -4.34. The number of rotatable bonds is 7. The Morgan fingerprint density at radius 2 is 1.81 bits per heavy atom. The van der Waals surface area contributed by atoms with Gasteiger partial charge in [0, 0.05) is 55.6 Å². The van der Waals surface area contributed by atoms with Crippen molar-refractivity contribution in [2.24, 2.45) is 5.92 Å². The van der Waals surface area contributed by atoms with Crippen LogP contribution in [0.3, 0.4) is 0 Å². The summed E-state index contributed by atoms with van der Waals surface area (Å²) in [6, 6.07) is 14.9. The first-order chi connectivity index (χ1) is 17.6. The first-order valence-corrected chi connectivity index (χ1v) is 12.1. The summed E-state index contributed by atoms with van der Waals surface area (Å²) in [6.45, 7) is 4.07. The molecule has 1 fully saturated rings. The van der Waals surface area contributed by atoms with Crippen molar-refractivity contribution in [1.29, 1.82) is 0 Å². The number of hydrogen-bond donors (Lipinski definition) is 1. The molecule has 0 unspecified atom stereocenters. The second kappa shape index (κ2) is 10.5. The fourth-order valence-electron chi connectivity index (χ4n) is 4.43. The highest BCUT2D eigenvalue weighted by atomic mass is 16.2. The predicted octanol–water partition coefficient (Wildman–Crippen LogP) is 2.23. The van der Waals surface area contributed by atoms with Crippen LogP contribution in [0.5, 0.6) is 0 Å². The van der Waals surface area contributed by atoms with Crippen LogP contribution in [0, 0.1) is 12.8 Å². The molecule has 0 atom stereocenters. The average Bonchev–Trinajstić information content (AvgIpc) is 3.36. The van der Waals surface area contributed by atoms with E-state index in [0.717, 1.165) is 54.6 Å². The third-order valence-electron chi connectivity index (χ3n) is 6.46. The lowest BCUT2D eigenvalue weighted by Crippen LogP contribution is -2.42. The van der Waals surface area contributed by atoms with Crippen molar-refractivity contribution in [3.63, 3.8) is 0 Å². The number of imidazole rings is 1. The van der Waals surface area contributed by atoms with Crippen molar-refractivity contribution in [2.75, 3.05) is 24.5 Å². The van der Waals surface area contributed by atoms with Gasteiger partial charge in [-0.2, -0.15) is 5.10 Å². The van der Waals surface area contributed by atoms with Gasteiger partial charge < -0.3 is 10.2 Å². The molecule has 0 aliphatic carbocycles. The molecule has 1 aliphatic heterocycles. The summed E-state index contributed by atoms with van der Waals surface area (Å²) in [6.07, 6.45) is 6.65. The van der Waals surface area contributed by atoms with E-state index < -0.39 is 0 Å². The van der Waals surface area contributed by atoms with Crippen LogP contribution < -0.4 is 15.8 Å². The summed E-state index contributed by atoms with van der Waals surface area (Å²) in [5.74, 6) is 2.42. The van der Waals surface area contributed by atoms with Gasteiger partial charge in [-0.1, -0.05) is 30.3 Å². The minimum Gasteiger partial charge on any atom is -0.356 e. The molecule has 4 aromatic rings. The monoisotopic (exact) mass is 484 g/mol. The molecular formula is C26H28N8O2. The Kier molecular flexibility index (Phi) is 6.83. The van der Waals surface area contributed by atoms with Gasteiger partial charge >= 0.3 is 0 Å². The van der Waals surface area contributed by atoms with E-state index in [2.05, 4.69) is 30.3 Å². The van der Waals surface area contributed by atoms with Gasteiger partial charge in [0.15, 0.2) is 0 Å². The number of carbonyl (C=O) groups is 1. The molecule has 3 aromatic heterocycles. The highest BCUT2D eigenvalue weighted by Gasteiger charge is 2.25. The number of nitrogens with zero attached hydrogens (tertiary/aromatic N) is 7. The van der Waals surface area contributed by atoms with E-state index in [1.807, 2.05) is 54.1 Å². The van der Waals surface area contributed by atoms with Crippen molar-refractivity contribution in [2.45, 2.75) is 26.3 Å². The van der Waals surface area contributed by atoms with Crippen molar-refractivity contribution < 1.29 is 4.79 Å². The number of hydrogen-bond acceptors (Lipinski definition) is 7. The third-order valence-corrected chi connectivity index (χ3v) is 6.46. The fraction of sp³-hybridized carbons (Fsp3) is 0.308. The zero-order valence-corrected chi connectivity index (χ0v) is 20.1. The van der Waals surface area contributed by atoms with E-state index in [4.69, 9.17) is 0 Å². The summed E-state index contributed by atoms with van der Waals surface area (Å²) in [5, 5.41) is 7.44. The number of nitrogens with one attached hydrogen (secondary N) is 1. The maximum Gasteiger partial charge on any atom is 0.266 e. The van der Waals surface area contributed by atoms with Crippen LogP contribution in [-0.4, -0.2) is 54.8 Å². The lowest BCUT2D eigenvalue weighted by atomic mass is 9.96. The molecule has 1 amide bonds. The molecule has 10 heteroatoms. The topological polar surface area (TPSA) is 111 Å². The quantitative estimate of drug-likeness (QED) is 0.428. The van der Waals surface area contributed by atoms with Crippen LogP contribution in [-0.2, 0) is 11.3 Å². The minimum absolute atomic E-state index is 0.0133. The van der Waals surface area contributed by atoms with Crippen LogP contribution >= 0.6 is 0 Å². The highest BCUT2D eigenvalue weighted by molar-refractivity contribution is 5.79. The number of anilines is 1. The molecule has 5 rings (SSSR count). The number of benzene rings is 1. The SMILES string of the molecule is Cc1nccn1-c1cc(N2CCC(C(=O)NCCn3nc(-c4ccccc4)ccc3=O)CC2)ncn1. The maximum atomic E-state index is 12.8. The molecule has 36 heavy (non-hydrogen) atoms. The molecule has 184 valence electrons. The fourth-order valence-corrected chi connectivity index (χ4v) is 4.43. The number of aromatic nitrogens is 6. The summed E-state index contributed by atoms with van der Waals surface area (Å²) < 4.78 is 3.32. The van der Waals surface area contributed by atoms with Crippen molar-refractivity contribution in [3.05, 3.63) is 83.4 Å². The Morgan fingerprint density at radius 3 is 2.56 bits per heavy atom. The van der Waals surface area contributed by atoms with Gasteiger partial charge in [-0.05, 0) is 25.8 Å². The van der Waals surface area contributed by atoms with Crippen LogP contribution in [0.15, 0.2) is 72.0 Å². The summed E-state index contributed by atoms with van der Waals surface area (Å²) in [7, 11) is 0. The van der Waals surface area contributed by atoms with E-state index in [0.29, 0.717) is 13.1 Å². The number of piperidine rings is 1. The first-order valence-electron chi connectivity index (χ1n) is 12.1. The number of carbonyl (C=O) groups excluding carboxylic acids is 1. The van der Waals surface area contributed by atoms with Crippen LogP contribution in [0.2, 0.25) is 0 Å². The molecule has 0 saturated carbocycles. The van der Waals surface area contributed by atoms with Gasteiger partial charge in [0.1, 0.15) is 23.8 Å². The zero-order chi connectivity index (χ0) is 24.9. The summed E-state index contributed by atoms with van der Waals surface area (Å²) in [4.78, 5) is 40.2. The Morgan fingerprint density at radius 1 is 1.03 bits per heavy atom.